The number of fused-ring (bicyclic) bond motifs is 1. The molecule has 3 rings (SSSR count). The molecule has 1 aromatic carbocycles. The Hall–Kier alpha value is -2.87. The molecule has 0 atom stereocenters. The van der Waals surface area contributed by atoms with E-state index in [9.17, 15) is 9.90 Å². The number of carbonyl (C=O) groups excluding carboxylic acids is 1. The molecule has 5 heteroatoms. The number of hydrogen-bond donors (Lipinski definition) is 2. The molecule has 2 aliphatic rings. The van der Waals surface area contributed by atoms with Crippen molar-refractivity contribution in [2.75, 3.05) is 19.6 Å². The molecule has 0 saturated heterocycles. The Kier molecular flexibility index (Phi) is 4.48. The van der Waals surface area contributed by atoms with Gasteiger partial charge in [0.05, 0.1) is 12.3 Å². The molecule has 122 valence electrons. The van der Waals surface area contributed by atoms with E-state index in [0.717, 1.165) is 35.1 Å². The summed E-state index contributed by atoms with van der Waals surface area (Å²) in [6.07, 6.45) is 3.74. The molecule has 0 saturated carbocycles. The predicted octanol–water partition coefficient (Wildman–Crippen LogP) is 1.92. The van der Waals surface area contributed by atoms with Gasteiger partial charge in [0, 0.05) is 42.4 Å². The third-order valence-electron chi connectivity index (χ3n) is 4.48. The van der Waals surface area contributed by atoms with E-state index in [1.807, 2.05) is 6.92 Å². The lowest BCUT2D eigenvalue weighted by Crippen LogP contribution is -2.33. The Morgan fingerprint density at radius 2 is 2.25 bits per heavy atom. The maximum atomic E-state index is 11.1. The topological polar surface area (TPSA) is 76.8 Å². The van der Waals surface area contributed by atoms with Crippen molar-refractivity contribution in [3.05, 3.63) is 40.0 Å². The van der Waals surface area contributed by atoms with Crippen LogP contribution >= 0.6 is 0 Å². The first-order valence-corrected chi connectivity index (χ1v) is 7.89. The zero-order valence-electron chi connectivity index (χ0n) is 13.6. The number of rotatable bonds is 3. The Morgan fingerprint density at radius 1 is 1.42 bits per heavy atom. The molecule has 1 aromatic rings. The zero-order valence-corrected chi connectivity index (χ0v) is 13.6. The highest BCUT2D eigenvalue weighted by Crippen LogP contribution is 2.28. The van der Waals surface area contributed by atoms with E-state index < -0.39 is 0 Å². The van der Waals surface area contributed by atoms with Crippen LogP contribution in [0.4, 0.5) is 0 Å². The second-order valence-corrected chi connectivity index (χ2v) is 5.98. The van der Waals surface area contributed by atoms with Crippen LogP contribution in [0.1, 0.15) is 30.0 Å². The van der Waals surface area contributed by atoms with Gasteiger partial charge in [-0.1, -0.05) is 17.4 Å². The number of nitrogens with zero attached hydrogens (tertiary/aromatic N) is 2. The van der Waals surface area contributed by atoms with Crippen LogP contribution in [0.15, 0.2) is 28.3 Å². The first-order valence-electron chi connectivity index (χ1n) is 7.89. The molecule has 0 unspecified atom stereocenters. The summed E-state index contributed by atoms with van der Waals surface area (Å²) in [7, 11) is 0. The molecule has 0 aromatic heterocycles. The minimum atomic E-state index is 0.174. The van der Waals surface area contributed by atoms with E-state index in [1.165, 1.54) is 0 Å². The summed E-state index contributed by atoms with van der Waals surface area (Å²) < 4.78 is 0. The fourth-order valence-corrected chi connectivity index (χ4v) is 3.02. The fourth-order valence-electron chi connectivity index (χ4n) is 3.02. The standard InChI is InChI=1S/C19H19N3O2/c1-13-7-9-22(12-23)11-17(13)19(20)15-5-6-18(24)14-4-2-3-8-21-10-16(14)15/h5-6,10,12,20,24H,4,7-9,11H2,1H3/b20-19?,21-10-. The first-order chi connectivity index (χ1) is 11.6. The summed E-state index contributed by atoms with van der Waals surface area (Å²) in [5.41, 5.74) is 4.55. The van der Waals surface area contributed by atoms with Crippen LogP contribution in [0.2, 0.25) is 0 Å². The minimum absolute atomic E-state index is 0.174. The van der Waals surface area contributed by atoms with E-state index in [4.69, 9.17) is 5.41 Å². The van der Waals surface area contributed by atoms with Crippen LogP contribution in [-0.4, -0.2) is 48.0 Å². The van der Waals surface area contributed by atoms with E-state index in [1.54, 1.807) is 23.2 Å². The Balaban J connectivity index is 2.07. The molecule has 1 amide bonds. The van der Waals surface area contributed by atoms with Crippen LogP contribution in [-0.2, 0) is 11.2 Å². The highest BCUT2D eigenvalue weighted by atomic mass is 16.3. The van der Waals surface area contributed by atoms with Gasteiger partial charge in [-0.25, -0.2) is 0 Å². The first kappa shape index (κ1) is 16.0. The highest BCUT2D eigenvalue weighted by molar-refractivity contribution is 6.16. The predicted molar refractivity (Wildman–Crippen MR) is 93.8 cm³/mol. The van der Waals surface area contributed by atoms with Crippen LogP contribution in [0.25, 0.3) is 0 Å². The van der Waals surface area contributed by atoms with Crippen molar-refractivity contribution in [1.82, 2.24) is 4.90 Å². The van der Waals surface area contributed by atoms with Crippen LogP contribution in [0, 0.1) is 17.3 Å². The number of amides is 1. The van der Waals surface area contributed by atoms with Crippen molar-refractivity contribution in [3.8, 4) is 17.6 Å². The summed E-state index contributed by atoms with van der Waals surface area (Å²) in [5.74, 6) is 6.09. The zero-order chi connectivity index (χ0) is 17.1. The highest BCUT2D eigenvalue weighted by Gasteiger charge is 2.22. The van der Waals surface area contributed by atoms with Gasteiger partial charge in [0.1, 0.15) is 5.75 Å². The molecule has 24 heavy (non-hydrogen) atoms. The number of hydrogen-bond acceptors (Lipinski definition) is 4. The van der Waals surface area contributed by atoms with E-state index in [0.29, 0.717) is 37.3 Å². The molecular formula is C19H19N3O2. The Bertz CT molecular complexity index is 825. The fraction of sp³-hybridized carbons (Fsp3) is 0.316. The molecular weight excluding hydrogens is 302 g/mol. The second-order valence-electron chi connectivity index (χ2n) is 5.98. The maximum absolute atomic E-state index is 11.1. The monoisotopic (exact) mass is 321 g/mol. The average Bonchev–Trinajstić information content (AvgIpc) is 2.56. The summed E-state index contributed by atoms with van der Waals surface area (Å²) in [5, 5.41) is 18.8. The minimum Gasteiger partial charge on any atom is -0.508 e. The van der Waals surface area contributed by atoms with Gasteiger partial charge in [0.25, 0.3) is 0 Å². The lowest BCUT2D eigenvalue weighted by Gasteiger charge is -2.27. The van der Waals surface area contributed by atoms with Gasteiger partial charge in [0.2, 0.25) is 6.41 Å². The van der Waals surface area contributed by atoms with Gasteiger partial charge < -0.3 is 10.0 Å². The smallest absolute Gasteiger partial charge is 0.210 e. The van der Waals surface area contributed by atoms with E-state index >= 15 is 0 Å². The molecule has 0 bridgehead atoms. The maximum Gasteiger partial charge on any atom is 0.210 e. The lowest BCUT2D eigenvalue weighted by atomic mass is 9.88. The van der Waals surface area contributed by atoms with Gasteiger partial charge >= 0.3 is 0 Å². The van der Waals surface area contributed by atoms with Crippen molar-refractivity contribution in [2.45, 2.75) is 19.8 Å². The van der Waals surface area contributed by atoms with Gasteiger partial charge in [-0.3, -0.25) is 15.2 Å². The van der Waals surface area contributed by atoms with Crippen LogP contribution < -0.4 is 0 Å². The number of phenols is 1. The number of nitrogens with one attached hydrogen (secondary N) is 1. The number of phenolic OH excluding ortho intramolecular Hbond substituents is 1. The number of aromatic hydroxyl groups is 1. The molecule has 0 radical (unpaired) electrons. The third kappa shape index (κ3) is 2.95. The number of aliphatic imine (C=N–C) groups is 1. The van der Waals surface area contributed by atoms with Crippen molar-refractivity contribution in [2.24, 2.45) is 4.99 Å². The SMILES string of the molecule is CC1=C(C(=N)c2ccc(O)c3c2/C=N\CC#CC3)CN(C=O)CC1. The molecule has 2 heterocycles. The molecule has 0 fully saturated rings. The summed E-state index contributed by atoms with van der Waals surface area (Å²) >= 11 is 0. The van der Waals surface area contributed by atoms with Crippen LogP contribution in [0.3, 0.4) is 0 Å². The van der Waals surface area contributed by atoms with Gasteiger partial charge in [0.15, 0.2) is 0 Å². The quantitative estimate of drug-likeness (QED) is 0.507. The molecule has 0 spiro atoms. The van der Waals surface area contributed by atoms with Crippen molar-refractivity contribution < 1.29 is 9.90 Å². The van der Waals surface area contributed by atoms with Gasteiger partial charge in [-0.2, -0.15) is 0 Å². The normalized spacial score (nSPS) is 18.0. The van der Waals surface area contributed by atoms with Gasteiger partial charge in [-0.05, 0) is 31.1 Å². The Labute approximate surface area is 141 Å². The largest absolute Gasteiger partial charge is 0.508 e. The van der Waals surface area contributed by atoms with Crippen LogP contribution in [0.5, 0.6) is 5.75 Å². The molecule has 2 N–H and O–H groups in total. The number of carbonyl (C=O) groups is 1. The summed E-state index contributed by atoms with van der Waals surface area (Å²) in [6, 6.07) is 3.35. The van der Waals surface area contributed by atoms with Gasteiger partial charge in [-0.15, -0.1) is 0 Å². The Morgan fingerprint density at radius 3 is 3.04 bits per heavy atom. The van der Waals surface area contributed by atoms with Crippen molar-refractivity contribution >= 4 is 18.3 Å². The van der Waals surface area contributed by atoms with Crippen molar-refractivity contribution in [3.63, 3.8) is 0 Å². The average molecular weight is 321 g/mol. The molecule has 2 aliphatic heterocycles. The van der Waals surface area contributed by atoms with E-state index in [2.05, 4.69) is 16.8 Å². The van der Waals surface area contributed by atoms with Crippen molar-refractivity contribution in [1.29, 1.82) is 5.41 Å². The number of benzene rings is 1. The molecule has 5 nitrogen and oxygen atoms in total. The summed E-state index contributed by atoms with van der Waals surface area (Å²) in [4.78, 5) is 17.0. The van der Waals surface area contributed by atoms with E-state index in [-0.39, 0.29) is 5.75 Å². The third-order valence-corrected chi connectivity index (χ3v) is 4.48. The summed E-state index contributed by atoms with van der Waals surface area (Å²) in [6.45, 7) is 3.57. The lowest BCUT2D eigenvalue weighted by molar-refractivity contribution is -0.117. The second kappa shape index (κ2) is 6.71. The molecule has 0 aliphatic carbocycles.